The summed E-state index contributed by atoms with van der Waals surface area (Å²) in [6, 6.07) is 0.557. The lowest BCUT2D eigenvalue weighted by Crippen LogP contribution is -2.53. The Balaban J connectivity index is 1.89. The molecule has 1 saturated heterocycles. The molecule has 1 aliphatic heterocycles. The molecule has 1 saturated carbocycles. The van der Waals surface area contributed by atoms with Gasteiger partial charge in [-0.1, -0.05) is 13.8 Å². The number of amides is 1. The van der Waals surface area contributed by atoms with Gasteiger partial charge in [-0.05, 0) is 18.8 Å². The second-order valence-electron chi connectivity index (χ2n) is 7.03. The summed E-state index contributed by atoms with van der Waals surface area (Å²) in [5.74, 6) is 1.68. The number of nitrogens with zero attached hydrogens (tertiary/aromatic N) is 4. The molecule has 2 aliphatic rings. The Morgan fingerprint density at radius 2 is 1.86 bits per heavy atom. The van der Waals surface area contributed by atoms with Gasteiger partial charge in [0.05, 0.1) is 0 Å². The van der Waals surface area contributed by atoms with E-state index in [2.05, 4.69) is 34.0 Å². The van der Waals surface area contributed by atoms with Crippen molar-refractivity contribution in [3.8, 4) is 0 Å². The van der Waals surface area contributed by atoms with Crippen LogP contribution in [0.5, 0.6) is 0 Å². The van der Waals surface area contributed by atoms with Gasteiger partial charge in [-0.3, -0.25) is 9.69 Å². The maximum Gasteiger partial charge on any atom is 0.243 e. The number of hydrogen-bond donors (Lipinski definition) is 1. The Bertz CT molecular complexity index is 395. The topological polar surface area (TPSA) is 51.2 Å². The monoisotopic (exact) mass is 309 g/mol. The van der Waals surface area contributed by atoms with E-state index in [1.807, 2.05) is 0 Å². The minimum atomic E-state index is 0.0496. The van der Waals surface area contributed by atoms with Crippen LogP contribution in [-0.4, -0.2) is 86.0 Å². The number of aliphatic imine (C=N–C) groups is 1. The first kappa shape index (κ1) is 17.1. The molecule has 1 aliphatic carbocycles. The molecule has 1 N–H and O–H groups in total. The summed E-state index contributed by atoms with van der Waals surface area (Å²) in [6.07, 6.45) is 2.43. The van der Waals surface area contributed by atoms with Crippen molar-refractivity contribution in [3.63, 3.8) is 0 Å². The van der Waals surface area contributed by atoms with Crippen LogP contribution in [0.2, 0.25) is 0 Å². The molecule has 0 spiro atoms. The third-order valence-electron chi connectivity index (χ3n) is 4.07. The zero-order valence-electron chi connectivity index (χ0n) is 14.5. The maximum absolute atomic E-state index is 11.8. The smallest absolute Gasteiger partial charge is 0.243 e. The van der Waals surface area contributed by atoms with Gasteiger partial charge < -0.3 is 15.1 Å². The van der Waals surface area contributed by atoms with Crippen LogP contribution in [0, 0.1) is 5.92 Å². The van der Waals surface area contributed by atoms with Gasteiger partial charge >= 0.3 is 0 Å². The van der Waals surface area contributed by atoms with Crippen LogP contribution in [0.15, 0.2) is 4.99 Å². The summed E-state index contributed by atoms with van der Waals surface area (Å²) < 4.78 is 0. The van der Waals surface area contributed by atoms with Gasteiger partial charge in [-0.15, -0.1) is 0 Å². The lowest BCUT2D eigenvalue weighted by molar-refractivity contribution is -0.127. The molecule has 1 heterocycles. The molecule has 0 atom stereocenters. The summed E-state index contributed by atoms with van der Waals surface area (Å²) in [7, 11) is 3.55. The number of piperazine rings is 1. The summed E-state index contributed by atoms with van der Waals surface area (Å²) in [4.78, 5) is 22.7. The molecule has 0 radical (unpaired) electrons. The van der Waals surface area contributed by atoms with Crippen LogP contribution in [0.25, 0.3) is 0 Å². The standard InChI is InChI=1S/C16H31N5O/c1-13(2)12-20-7-9-21(10-8-20)16(18-14-5-6-14)17-11-15(22)19(3)4/h13-14H,5-12H2,1-4H3,(H,17,18). The Labute approximate surface area is 134 Å². The SMILES string of the molecule is CC(C)CN1CCN(C(=NCC(=O)N(C)C)NC2CC2)CC1. The molecule has 22 heavy (non-hydrogen) atoms. The Kier molecular flexibility index (Phi) is 6.06. The molecule has 0 aromatic heterocycles. The van der Waals surface area contributed by atoms with E-state index in [0.29, 0.717) is 12.0 Å². The van der Waals surface area contributed by atoms with Gasteiger partial charge in [0.15, 0.2) is 5.96 Å². The van der Waals surface area contributed by atoms with E-state index in [9.17, 15) is 4.79 Å². The lowest BCUT2D eigenvalue weighted by atomic mass is 10.2. The molecule has 2 rings (SSSR count). The van der Waals surface area contributed by atoms with Crippen molar-refractivity contribution in [1.29, 1.82) is 0 Å². The van der Waals surface area contributed by atoms with Crippen LogP contribution in [0.4, 0.5) is 0 Å². The highest BCUT2D eigenvalue weighted by Crippen LogP contribution is 2.19. The minimum Gasteiger partial charge on any atom is -0.353 e. The van der Waals surface area contributed by atoms with E-state index in [1.165, 1.54) is 12.8 Å². The number of carbonyl (C=O) groups excluding carboxylic acids is 1. The molecule has 1 amide bonds. The first-order valence-electron chi connectivity index (χ1n) is 8.44. The molecule has 2 fully saturated rings. The van der Waals surface area contributed by atoms with Crippen LogP contribution in [0.3, 0.4) is 0 Å². The van der Waals surface area contributed by atoms with Crippen molar-refractivity contribution in [3.05, 3.63) is 0 Å². The molecule has 126 valence electrons. The number of nitrogens with one attached hydrogen (secondary N) is 1. The first-order valence-corrected chi connectivity index (χ1v) is 8.44. The van der Waals surface area contributed by atoms with Crippen LogP contribution >= 0.6 is 0 Å². The highest BCUT2D eigenvalue weighted by atomic mass is 16.2. The number of carbonyl (C=O) groups is 1. The summed E-state index contributed by atoms with van der Waals surface area (Å²) in [6.45, 7) is 10.0. The fourth-order valence-electron chi connectivity index (χ4n) is 2.59. The van der Waals surface area contributed by atoms with E-state index >= 15 is 0 Å². The second kappa shape index (κ2) is 7.81. The molecule has 0 bridgehead atoms. The molecule has 6 nitrogen and oxygen atoms in total. The highest BCUT2D eigenvalue weighted by Gasteiger charge is 2.27. The number of hydrogen-bond acceptors (Lipinski definition) is 3. The zero-order chi connectivity index (χ0) is 16.1. The Morgan fingerprint density at radius 1 is 1.23 bits per heavy atom. The molecular formula is C16H31N5O. The van der Waals surface area contributed by atoms with Crippen molar-refractivity contribution >= 4 is 11.9 Å². The highest BCUT2D eigenvalue weighted by molar-refractivity contribution is 5.85. The number of guanidine groups is 1. The Hall–Kier alpha value is -1.30. The van der Waals surface area contributed by atoms with Gasteiger partial charge in [-0.25, -0.2) is 4.99 Å². The van der Waals surface area contributed by atoms with Crippen molar-refractivity contribution < 1.29 is 4.79 Å². The molecule has 0 aromatic carbocycles. The zero-order valence-corrected chi connectivity index (χ0v) is 14.5. The van der Waals surface area contributed by atoms with Crippen LogP contribution in [0.1, 0.15) is 26.7 Å². The minimum absolute atomic E-state index is 0.0496. The van der Waals surface area contributed by atoms with Crippen molar-refractivity contribution in [2.24, 2.45) is 10.9 Å². The van der Waals surface area contributed by atoms with Crippen molar-refractivity contribution in [1.82, 2.24) is 20.0 Å². The fourth-order valence-corrected chi connectivity index (χ4v) is 2.59. The first-order chi connectivity index (χ1) is 10.5. The van der Waals surface area contributed by atoms with Gasteiger partial charge in [0, 0.05) is 52.9 Å². The van der Waals surface area contributed by atoms with Crippen LogP contribution < -0.4 is 5.32 Å². The van der Waals surface area contributed by atoms with E-state index < -0.39 is 0 Å². The molecule has 6 heteroatoms. The average Bonchev–Trinajstić information content (AvgIpc) is 3.27. The van der Waals surface area contributed by atoms with Gasteiger partial charge in [0.25, 0.3) is 0 Å². The van der Waals surface area contributed by atoms with E-state index in [0.717, 1.165) is 38.7 Å². The summed E-state index contributed by atoms with van der Waals surface area (Å²) in [5, 5.41) is 3.50. The number of likely N-dealkylation sites (N-methyl/N-ethyl adjacent to an activating group) is 1. The molecule has 0 unspecified atom stereocenters. The quantitative estimate of drug-likeness (QED) is 0.592. The van der Waals surface area contributed by atoms with Crippen molar-refractivity contribution in [2.45, 2.75) is 32.7 Å². The Morgan fingerprint density at radius 3 is 2.36 bits per heavy atom. The fraction of sp³-hybridized carbons (Fsp3) is 0.875. The van der Waals surface area contributed by atoms with E-state index in [-0.39, 0.29) is 12.5 Å². The van der Waals surface area contributed by atoms with Gasteiger partial charge in [0.1, 0.15) is 6.54 Å². The second-order valence-corrected chi connectivity index (χ2v) is 7.03. The third kappa shape index (κ3) is 5.48. The third-order valence-corrected chi connectivity index (χ3v) is 4.07. The largest absolute Gasteiger partial charge is 0.353 e. The predicted molar refractivity (Wildman–Crippen MR) is 90.0 cm³/mol. The van der Waals surface area contributed by atoms with Crippen LogP contribution in [-0.2, 0) is 4.79 Å². The lowest BCUT2D eigenvalue weighted by Gasteiger charge is -2.37. The van der Waals surface area contributed by atoms with E-state index in [4.69, 9.17) is 0 Å². The maximum atomic E-state index is 11.8. The van der Waals surface area contributed by atoms with Gasteiger partial charge in [0.2, 0.25) is 5.91 Å². The predicted octanol–water partition coefficient (Wildman–Crippen LogP) is 0.456. The van der Waals surface area contributed by atoms with Crippen molar-refractivity contribution in [2.75, 3.05) is 53.4 Å². The average molecular weight is 309 g/mol. The number of rotatable bonds is 5. The summed E-state index contributed by atoms with van der Waals surface area (Å²) in [5.41, 5.74) is 0. The molecular weight excluding hydrogens is 278 g/mol. The van der Waals surface area contributed by atoms with Gasteiger partial charge in [-0.2, -0.15) is 0 Å². The van der Waals surface area contributed by atoms with E-state index in [1.54, 1.807) is 19.0 Å². The summed E-state index contributed by atoms with van der Waals surface area (Å²) >= 11 is 0. The molecule has 0 aromatic rings. The normalized spacial score (nSPS) is 20.4.